The van der Waals surface area contributed by atoms with E-state index in [0.29, 0.717) is 16.7 Å². The topological polar surface area (TPSA) is 55.0 Å². The summed E-state index contributed by atoms with van der Waals surface area (Å²) in [6, 6.07) is 2.36. The Morgan fingerprint density at radius 2 is 1.95 bits per heavy atom. The number of nitrogens with zero attached hydrogens (tertiary/aromatic N) is 3. The normalized spacial score (nSPS) is 23.1. The van der Waals surface area contributed by atoms with E-state index in [-0.39, 0.29) is 0 Å². The van der Waals surface area contributed by atoms with Crippen LogP contribution in [-0.2, 0) is 0 Å². The lowest BCUT2D eigenvalue weighted by molar-refractivity contribution is 0.339. The summed E-state index contributed by atoms with van der Waals surface area (Å²) in [5.74, 6) is 1.58. The van der Waals surface area contributed by atoms with Crippen LogP contribution in [-0.4, -0.2) is 28.0 Å². The molecule has 1 aliphatic carbocycles. The molecule has 0 amide bonds. The van der Waals surface area contributed by atoms with Crippen LogP contribution in [0.15, 0.2) is 6.07 Å². The van der Waals surface area contributed by atoms with Gasteiger partial charge in [0, 0.05) is 18.8 Å². The van der Waals surface area contributed by atoms with Crippen LogP contribution in [0.5, 0.6) is 0 Å². The first-order valence-electron chi connectivity index (χ1n) is 6.85. The van der Waals surface area contributed by atoms with Crippen molar-refractivity contribution in [1.29, 1.82) is 0 Å². The van der Waals surface area contributed by atoms with Crippen molar-refractivity contribution in [3.8, 4) is 0 Å². The average Bonchev–Trinajstić information content (AvgIpc) is 2.38. The Labute approximate surface area is 120 Å². The SMILES string of the molecule is Cc1cc(C(N)=S)nc(N(C)C2CCC(C)CC2)n1. The first-order valence-corrected chi connectivity index (χ1v) is 7.26. The van der Waals surface area contributed by atoms with Gasteiger partial charge < -0.3 is 10.6 Å². The molecule has 1 saturated carbocycles. The van der Waals surface area contributed by atoms with Crippen molar-refractivity contribution in [3.63, 3.8) is 0 Å². The maximum Gasteiger partial charge on any atom is 0.226 e. The summed E-state index contributed by atoms with van der Waals surface area (Å²) in [5, 5.41) is 0. The second kappa shape index (κ2) is 5.82. The van der Waals surface area contributed by atoms with Crippen molar-refractivity contribution < 1.29 is 0 Å². The molecule has 0 unspecified atom stereocenters. The maximum absolute atomic E-state index is 5.67. The molecule has 1 aliphatic rings. The number of aryl methyl sites for hydroxylation is 1. The van der Waals surface area contributed by atoms with Crippen LogP contribution < -0.4 is 10.6 Å². The first-order chi connectivity index (χ1) is 8.97. The number of hydrogen-bond acceptors (Lipinski definition) is 4. The molecule has 2 N–H and O–H groups in total. The summed E-state index contributed by atoms with van der Waals surface area (Å²) >= 11 is 5.01. The van der Waals surface area contributed by atoms with Crippen molar-refractivity contribution in [3.05, 3.63) is 17.5 Å². The fraction of sp³-hybridized carbons (Fsp3) is 0.643. The monoisotopic (exact) mass is 278 g/mol. The molecule has 0 aliphatic heterocycles. The molecule has 2 rings (SSSR count). The minimum absolute atomic E-state index is 0.331. The van der Waals surface area contributed by atoms with Gasteiger partial charge in [0.2, 0.25) is 5.95 Å². The van der Waals surface area contributed by atoms with Crippen LogP contribution >= 0.6 is 12.2 Å². The molecule has 1 aromatic rings. The standard InChI is InChI=1S/C14H22N4S/c1-9-4-6-11(7-5-9)18(3)14-16-10(2)8-12(17-14)13(15)19/h8-9,11H,4-7H2,1-3H3,(H2,15,19). The van der Waals surface area contributed by atoms with E-state index >= 15 is 0 Å². The summed E-state index contributed by atoms with van der Waals surface area (Å²) in [4.78, 5) is 11.5. The smallest absolute Gasteiger partial charge is 0.226 e. The lowest BCUT2D eigenvalue weighted by Gasteiger charge is -2.33. The maximum atomic E-state index is 5.67. The van der Waals surface area contributed by atoms with Gasteiger partial charge in [-0.3, -0.25) is 0 Å². The summed E-state index contributed by atoms with van der Waals surface area (Å²) in [7, 11) is 2.07. The zero-order valence-electron chi connectivity index (χ0n) is 11.9. The van der Waals surface area contributed by atoms with Gasteiger partial charge in [-0.25, -0.2) is 9.97 Å². The Morgan fingerprint density at radius 3 is 2.53 bits per heavy atom. The molecule has 1 aromatic heterocycles. The molecule has 1 heterocycles. The van der Waals surface area contributed by atoms with Gasteiger partial charge in [-0.15, -0.1) is 0 Å². The van der Waals surface area contributed by atoms with Gasteiger partial charge in [0.25, 0.3) is 0 Å². The highest BCUT2D eigenvalue weighted by Crippen LogP contribution is 2.28. The van der Waals surface area contributed by atoms with Gasteiger partial charge >= 0.3 is 0 Å². The Bertz CT molecular complexity index is 467. The molecule has 0 aromatic carbocycles. The summed E-state index contributed by atoms with van der Waals surface area (Å²) in [6.07, 6.45) is 4.97. The molecule has 5 heteroatoms. The highest BCUT2D eigenvalue weighted by Gasteiger charge is 2.23. The molecule has 104 valence electrons. The quantitative estimate of drug-likeness (QED) is 0.861. The van der Waals surface area contributed by atoms with Crippen LogP contribution in [0.3, 0.4) is 0 Å². The van der Waals surface area contributed by atoms with Gasteiger partial charge in [-0.05, 0) is 44.6 Å². The number of rotatable bonds is 3. The Hall–Kier alpha value is -1.23. The number of aromatic nitrogens is 2. The van der Waals surface area contributed by atoms with Crippen molar-refractivity contribution >= 4 is 23.2 Å². The van der Waals surface area contributed by atoms with Crippen molar-refractivity contribution in [2.75, 3.05) is 11.9 Å². The van der Waals surface area contributed by atoms with Crippen molar-refractivity contribution in [1.82, 2.24) is 9.97 Å². The van der Waals surface area contributed by atoms with Crippen LogP contribution in [0.25, 0.3) is 0 Å². The van der Waals surface area contributed by atoms with E-state index in [4.69, 9.17) is 18.0 Å². The average molecular weight is 278 g/mol. The summed E-state index contributed by atoms with van der Waals surface area (Å²) in [6.45, 7) is 4.27. The van der Waals surface area contributed by atoms with E-state index in [1.54, 1.807) is 0 Å². The Kier molecular flexibility index (Phi) is 4.34. The van der Waals surface area contributed by atoms with Crippen molar-refractivity contribution in [2.45, 2.75) is 45.6 Å². The van der Waals surface area contributed by atoms with Gasteiger partial charge in [-0.1, -0.05) is 19.1 Å². The number of hydrogen-bond donors (Lipinski definition) is 1. The van der Waals surface area contributed by atoms with Gasteiger partial charge in [0.05, 0.1) is 0 Å². The second-order valence-electron chi connectivity index (χ2n) is 5.58. The minimum Gasteiger partial charge on any atom is -0.388 e. The van der Waals surface area contributed by atoms with Gasteiger partial charge in [-0.2, -0.15) is 0 Å². The summed E-state index contributed by atoms with van der Waals surface area (Å²) < 4.78 is 0. The van der Waals surface area contributed by atoms with E-state index in [1.807, 2.05) is 13.0 Å². The molecule has 1 fully saturated rings. The second-order valence-corrected chi connectivity index (χ2v) is 6.02. The Balaban J connectivity index is 2.18. The fourth-order valence-electron chi connectivity index (χ4n) is 2.63. The van der Waals surface area contributed by atoms with Crippen LogP contribution in [0.4, 0.5) is 5.95 Å². The summed E-state index contributed by atoms with van der Waals surface area (Å²) in [5.41, 5.74) is 7.24. The van der Waals surface area contributed by atoms with Crippen LogP contribution in [0, 0.1) is 12.8 Å². The molecular weight excluding hydrogens is 256 g/mol. The predicted molar refractivity (Wildman–Crippen MR) is 82.5 cm³/mol. The lowest BCUT2D eigenvalue weighted by Crippen LogP contribution is -2.36. The largest absolute Gasteiger partial charge is 0.388 e. The predicted octanol–water partition coefficient (Wildman–Crippen LogP) is 2.43. The molecule has 0 bridgehead atoms. The first kappa shape index (κ1) is 14.2. The zero-order valence-corrected chi connectivity index (χ0v) is 12.7. The van der Waals surface area contributed by atoms with Gasteiger partial charge in [0.15, 0.2) is 0 Å². The third kappa shape index (κ3) is 3.41. The Morgan fingerprint density at radius 1 is 1.32 bits per heavy atom. The minimum atomic E-state index is 0.331. The highest BCUT2D eigenvalue weighted by atomic mass is 32.1. The molecule has 4 nitrogen and oxygen atoms in total. The molecular formula is C14H22N4S. The lowest BCUT2D eigenvalue weighted by atomic mass is 9.87. The van der Waals surface area contributed by atoms with Crippen LogP contribution in [0.2, 0.25) is 0 Å². The van der Waals surface area contributed by atoms with Crippen LogP contribution in [0.1, 0.15) is 44.0 Å². The van der Waals surface area contributed by atoms with E-state index < -0.39 is 0 Å². The zero-order chi connectivity index (χ0) is 14.0. The molecule has 0 spiro atoms. The highest BCUT2D eigenvalue weighted by molar-refractivity contribution is 7.80. The third-order valence-electron chi connectivity index (χ3n) is 3.94. The molecule has 0 saturated heterocycles. The van der Waals surface area contributed by atoms with E-state index in [0.717, 1.165) is 17.6 Å². The fourth-order valence-corrected chi connectivity index (χ4v) is 2.73. The van der Waals surface area contributed by atoms with E-state index in [9.17, 15) is 0 Å². The molecule has 19 heavy (non-hydrogen) atoms. The van der Waals surface area contributed by atoms with Gasteiger partial charge in [0.1, 0.15) is 10.7 Å². The number of anilines is 1. The number of nitrogens with two attached hydrogens (primary N) is 1. The van der Waals surface area contributed by atoms with E-state index in [1.165, 1.54) is 25.7 Å². The van der Waals surface area contributed by atoms with E-state index in [2.05, 4.69) is 28.8 Å². The molecule has 0 atom stereocenters. The number of thiocarbonyl (C=S) groups is 1. The molecule has 0 radical (unpaired) electrons. The van der Waals surface area contributed by atoms with Crippen molar-refractivity contribution in [2.24, 2.45) is 11.7 Å². The third-order valence-corrected chi connectivity index (χ3v) is 4.15.